The molecule has 1 N–H and O–H groups in total. The highest BCUT2D eigenvalue weighted by atomic mass is 32.1. The minimum absolute atomic E-state index is 0.820. The highest BCUT2D eigenvalue weighted by molar-refractivity contribution is 7.09. The molecule has 86 valence electrons. The number of aromatic nitrogens is 3. The smallest absolute Gasteiger partial charge is 0.0794 e. The number of nitrogens with one attached hydrogen (secondary N) is 1. The lowest BCUT2D eigenvalue weighted by Gasteiger charge is -2.06. The molecule has 5 heteroatoms. The monoisotopic (exact) mass is 236 g/mol. The maximum Gasteiger partial charge on any atom is 0.0794 e. The Kier molecular flexibility index (Phi) is 4.07. The van der Waals surface area contributed by atoms with Crippen LogP contribution < -0.4 is 5.32 Å². The molecule has 0 atom stereocenters. The first-order chi connectivity index (χ1) is 7.90. The van der Waals surface area contributed by atoms with E-state index in [1.807, 2.05) is 22.6 Å². The first-order valence-electron chi connectivity index (χ1n) is 5.49. The van der Waals surface area contributed by atoms with E-state index in [-0.39, 0.29) is 0 Å². The van der Waals surface area contributed by atoms with Crippen LogP contribution in [0.15, 0.2) is 24.0 Å². The van der Waals surface area contributed by atoms with Crippen LogP contribution in [-0.2, 0) is 13.1 Å². The zero-order valence-corrected chi connectivity index (χ0v) is 10.2. The lowest BCUT2D eigenvalue weighted by Crippen LogP contribution is -2.17. The molecule has 0 fully saturated rings. The van der Waals surface area contributed by atoms with Gasteiger partial charge in [0.2, 0.25) is 0 Å². The Bertz CT molecular complexity index is 407. The molecule has 2 rings (SSSR count). The zero-order chi connectivity index (χ0) is 11.2. The SMILES string of the molecule is CCCNCc1ccnn1Cc1cncs1. The first-order valence-corrected chi connectivity index (χ1v) is 6.37. The van der Waals surface area contributed by atoms with E-state index >= 15 is 0 Å². The molecule has 0 unspecified atom stereocenters. The van der Waals surface area contributed by atoms with Crippen LogP contribution in [0.1, 0.15) is 23.9 Å². The molecule has 0 saturated heterocycles. The first kappa shape index (κ1) is 11.3. The number of hydrogen-bond acceptors (Lipinski definition) is 4. The van der Waals surface area contributed by atoms with Crippen molar-refractivity contribution in [1.82, 2.24) is 20.1 Å². The molecule has 2 aromatic rings. The molecular formula is C11H16N4S. The standard InChI is InChI=1S/C11H16N4S/c1-2-4-12-6-10-3-5-14-15(10)8-11-7-13-9-16-11/h3,5,7,9,12H,2,4,6,8H2,1H3. The normalized spacial score (nSPS) is 10.8. The summed E-state index contributed by atoms with van der Waals surface area (Å²) in [5.74, 6) is 0. The van der Waals surface area contributed by atoms with Crippen molar-refractivity contribution in [2.24, 2.45) is 0 Å². The highest BCUT2D eigenvalue weighted by Gasteiger charge is 2.03. The number of nitrogens with zero attached hydrogens (tertiary/aromatic N) is 3. The van der Waals surface area contributed by atoms with Crippen LogP contribution in [-0.4, -0.2) is 21.3 Å². The summed E-state index contributed by atoms with van der Waals surface area (Å²) >= 11 is 1.67. The Morgan fingerprint density at radius 1 is 1.50 bits per heavy atom. The van der Waals surface area contributed by atoms with Crippen LogP contribution in [0.5, 0.6) is 0 Å². The Labute approximate surface area is 99.3 Å². The van der Waals surface area contributed by atoms with Gasteiger partial charge in [0.1, 0.15) is 0 Å². The van der Waals surface area contributed by atoms with Crippen LogP contribution in [0.3, 0.4) is 0 Å². The molecule has 0 aliphatic rings. The van der Waals surface area contributed by atoms with Gasteiger partial charge in [-0.05, 0) is 19.0 Å². The molecule has 0 bridgehead atoms. The zero-order valence-electron chi connectivity index (χ0n) is 9.39. The fourth-order valence-corrected chi connectivity index (χ4v) is 2.09. The predicted octanol–water partition coefficient (Wildman–Crippen LogP) is 1.89. The van der Waals surface area contributed by atoms with Gasteiger partial charge in [-0.15, -0.1) is 11.3 Å². The van der Waals surface area contributed by atoms with Gasteiger partial charge >= 0.3 is 0 Å². The summed E-state index contributed by atoms with van der Waals surface area (Å²) in [5.41, 5.74) is 3.08. The lowest BCUT2D eigenvalue weighted by molar-refractivity contribution is 0.595. The minimum atomic E-state index is 0.820. The van der Waals surface area contributed by atoms with Crippen LogP contribution in [0.25, 0.3) is 0 Å². The van der Waals surface area contributed by atoms with Crippen molar-refractivity contribution in [2.45, 2.75) is 26.4 Å². The predicted molar refractivity (Wildman–Crippen MR) is 65.4 cm³/mol. The average Bonchev–Trinajstić information content (AvgIpc) is 2.92. The third-order valence-electron chi connectivity index (χ3n) is 2.33. The molecule has 0 saturated carbocycles. The minimum Gasteiger partial charge on any atom is -0.311 e. The summed E-state index contributed by atoms with van der Waals surface area (Å²) in [5, 5.41) is 7.71. The van der Waals surface area contributed by atoms with Crippen LogP contribution in [0, 0.1) is 0 Å². The molecule has 0 spiro atoms. The van der Waals surface area contributed by atoms with Gasteiger partial charge in [0, 0.05) is 23.8 Å². The number of hydrogen-bond donors (Lipinski definition) is 1. The van der Waals surface area contributed by atoms with Gasteiger partial charge in [-0.3, -0.25) is 9.67 Å². The fourth-order valence-electron chi connectivity index (χ4n) is 1.51. The Balaban J connectivity index is 1.96. The van der Waals surface area contributed by atoms with Crippen LogP contribution >= 0.6 is 11.3 Å². The second-order valence-corrected chi connectivity index (χ2v) is 4.60. The van der Waals surface area contributed by atoms with Gasteiger partial charge in [0.25, 0.3) is 0 Å². The summed E-state index contributed by atoms with van der Waals surface area (Å²) in [7, 11) is 0. The Morgan fingerprint density at radius 2 is 2.44 bits per heavy atom. The van der Waals surface area contributed by atoms with E-state index in [9.17, 15) is 0 Å². The summed E-state index contributed by atoms with van der Waals surface area (Å²) in [6.07, 6.45) is 4.91. The second-order valence-electron chi connectivity index (χ2n) is 3.62. The molecule has 2 aromatic heterocycles. The summed E-state index contributed by atoms with van der Waals surface area (Å²) in [4.78, 5) is 5.31. The van der Waals surface area contributed by atoms with Gasteiger partial charge < -0.3 is 5.32 Å². The summed E-state index contributed by atoms with van der Waals surface area (Å²) in [6.45, 7) is 4.92. The largest absolute Gasteiger partial charge is 0.311 e. The molecule has 0 radical (unpaired) electrons. The molecule has 4 nitrogen and oxygen atoms in total. The van der Waals surface area contributed by atoms with E-state index in [2.05, 4.69) is 28.4 Å². The van der Waals surface area contributed by atoms with E-state index in [0.29, 0.717) is 0 Å². The number of thiazole rings is 1. The lowest BCUT2D eigenvalue weighted by atomic mass is 10.4. The molecule has 16 heavy (non-hydrogen) atoms. The Hall–Kier alpha value is -1.20. The van der Waals surface area contributed by atoms with Crippen molar-refractivity contribution in [3.8, 4) is 0 Å². The van der Waals surface area contributed by atoms with Gasteiger partial charge in [-0.1, -0.05) is 6.92 Å². The maximum atomic E-state index is 4.33. The van der Waals surface area contributed by atoms with Crippen molar-refractivity contribution < 1.29 is 0 Å². The quantitative estimate of drug-likeness (QED) is 0.779. The second kappa shape index (κ2) is 5.77. The van der Waals surface area contributed by atoms with E-state index in [4.69, 9.17) is 0 Å². The van der Waals surface area contributed by atoms with Gasteiger partial charge in [0.05, 0.1) is 17.7 Å². The molecule has 0 amide bonds. The van der Waals surface area contributed by atoms with Crippen LogP contribution in [0.2, 0.25) is 0 Å². The third-order valence-corrected chi connectivity index (χ3v) is 3.09. The molecule has 0 aromatic carbocycles. The average molecular weight is 236 g/mol. The van der Waals surface area contributed by atoms with E-state index in [1.165, 1.54) is 10.6 Å². The van der Waals surface area contributed by atoms with Gasteiger partial charge in [-0.2, -0.15) is 5.10 Å². The van der Waals surface area contributed by atoms with Crippen molar-refractivity contribution in [1.29, 1.82) is 0 Å². The van der Waals surface area contributed by atoms with Crippen LogP contribution in [0.4, 0.5) is 0 Å². The number of rotatable bonds is 6. The van der Waals surface area contributed by atoms with E-state index < -0.39 is 0 Å². The van der Waals surface area contributed by atoms with Crippen molar-refractivity contribution in [2.75, 3.05) is 6.54 Å². The Morgan fingerprint density at radius 3 is 3.19 bits per heavy atom. The molecular weight excluding hydrogens is 220 g/mol. The fraction of sp³-hybridized carbons (Fsp3) is 0.455. The van der Waals surface area contributed by atoms with E-state index in [1.54, 1.807) is 11.3 Å². The maximum absolute atomic E-state index is 4.33. The molecule has 0 aliphatic carbocycles. The summed E-state index contributed by atoms with van der Waals surface area (Å²) in [6, 6.07) is 2.06. The topological polar surface area (TPSA) is 42.7 Å². The van der Waals surface area contributed by atoms with E-state index in [0.717, 1.165) is 26.1 Å². The van der Waals surface area contributed by atoms with Crippen molar-refractivity contribution in [3.63, 3.8) is 0 Å². The van der Waals surface area contributed by atoms with Crippen molar-refractivity contribution >= 4 is 11.3 Å². The summed E-state index contributed by atoms with van der Waals surface area (Å²) < 4.78 is 2.02. The third kappa shape index (κ3) is 2.90. The van der Waals surface area contributed by atoms with Gasteiger partial charge in [0.15, 0.2) is 0 Å². The molecule has 2 heterocycles. The van der Waals surface area contributed by atoms with Gasteiger partial charge in [-0.25, -0.2) is 0 Å². The highest BCUT2D eigenvalue weighted by Crippen LogP contribution is 2.09. The molecule has 0 aliphatic heterocycles. The van der Waals surface area contributed by atoms with Crippen molar-refractivity contribution in [3.05, 3.63) is 34.5 Å².